The summed E-state index contributed by atoms with van der Waals surface area (Å²) >= 11 is 0. The minimum Gasteiger partial charge on any atom is -0.325 e. The molecule has 0 saturated heterocycles. The van der Waals surface area contributed by atoms with Crippen LogP contribution in [0.1, 0.15) is 45.4 Å². The number of H-pyrrole nitrogens is 1. The van der Waals surface area contributed by atoms with Gasteiger partial charge in [0.2, 0.25) is 5.56 Å². The minimum absolute atomic E-state index is 0.0527. The van der Waals surface area contributed by atoms with Gasteiger partial charge in [-0.15, -0.1) is 0 Å². The quantitative estimate of drug-likeness (QED) is 0.712. The summed E-state index contributed by atoms with van der Waals surface area (Å²) in [5, 5.41) is 0. The van der Waals surface area contributed by atoms with Crippen molar-refractivity contribution in [3.8, 4) is 0 Å². The van der Waals surface area contributed by atoms with Crippen molar-refractivity contribution in [3.63, 3.8) is 0 Å². The molecule has 106 valence electrons. The van der Waals surface area contributed by atoms with E-state index in [2.05, 4.69) is 44.8 Å². The molecule has 0 aliphatic heterocycles. The van der Waals surface area contributed by atoms with Gasteiger partial charge in [0.1, 0.15) is 0 Å². The summed E-state index contributed by atoms with van der Waals surface area (Å²) in [6, 6.07) is 3.50. The van der Waals surface area contributed by atoms with Crippen LogP contribution in [0, 0.1) is 5.92 Å². The molecule has 2 atom stereocenters. The van der Waals surface area contributed by atoms with Crippen LogP contribution in [0.2, 0.25) is 0 Å². The van der Waals surface area contributed by atoms with Crippen molar-refractivity contribution in [2.75, 3.05) is 0 Å². The van der Waals surface area contributed by atoms with E-state index in [-0.39, 0.29) is 16.9 Å². The molecule has 3 rings (SSSR count). The lowest BCUT2D eigenvalue weighted by Gasteiger charge is -2.52. The fraction of sp³-hybridized carbons (Fsp3) is 0.471. The fourth-order valence-corrected chi connectivity index (χ4v) is 4.05. The number of nitrogens with one attached hydrogen (secondary N) is 1. The summed E-state index contributed by atoms with van der Waals surface area (Å²) in [4.78, 5) is 14.8. The van der Waals surface area contributed by atoms with Crippen LogP contribution >= 0.6 is 0 Å². The summed E-state index contributed by atoms with van der Waals surface area (Å²) in [6.07, 6.45) is 5.29. The highest BCUT2D eigenvalue weighted by molar-refractivity contribution is 5.53. The Hall–Kier alpha value is -1.61. The maximum absolute atomic E-state index is 11.7. The van der Waals surface area contributed by atoms with Crippen LogP contribution in [0.4, 0.5) is 0 Å². The Morgan fingerprint density at radius 2 is 2.10 bits per heavy atom. The third kappa shape index (κ3) is 1.53. The molecule has 0 amide bonds. The predicted octanol–water partition coefficient (Wildman–Crippen LogP) is 2.73. The molecular weight excluding hydrogens is 248 g/mol. The predicted molar refractivity (Wildman–Crippen MR) is 81.6 cm³/mol. The molecular formula is C17H22N2O. The fourth-order valence-electron chi connectivity index (χ4n) is 4.05. The molecule has 0 radical (unpaired) electrons. The maximum Gasteiger partial charge on any atom is 0.248 e. The van der Waals surface area contributed by atoms with E-state index in [4.69, 9.17) is 5.73 Å². The normalized spacial score (nSPS) is 32.8. The van der Waals surface area contributed by atoms with E-state index in [0.29, 0.717) is 0 Å². The van der Waals surface area contributed by atoms with Crippen molar-refractivity contribution < 1.29 is 0 Å². The average Bonchev–Trinajstić information content (AvgIpc) is 2.36. The van der Waals surface area contributed by atoms with E-state index in [1.807, 2.05) is 6.07 Å². The molecule has 0 saturated carbocycles. The molecule has 0 aromatic carbocycles. The molecule has 2 aliphatic carbocycles. The summed E-state index contributed by atoms with van der Waals surface area (Å²) in [6.45, 7) is 8.58. The van der Waals surface area contributed by atoms with Gasteiger partial charge in [-0.05, 0) is 37.5 Å². The lowest BCUT2D eigenvalue weighted by atomic mass is 9.55. The van der Waals surface area contributed by atoms with Gasteiger partial charge in [0.05, 0.1) is 5.54 Å². The highest BCUT2D eigenvalue weighted by atomic mass is 16.1. The van der Waals surface area contributed by atoms with Gasteiger partial charge in [-0.1, -0.05) is 31.6 Å². The van der Waals surface area contributed by atoms with E-state index in [1.165, 1.54) is 11.1 Å². The van der Waals surface area contributed by atoms with Gasteiger partial charge in [0.15, 0.2) is 0 Å². The molecule has 1 aromatic rings. The first-order valence-corrected chi connectivity index (χ1v) is 7.18. The monoisotopic (exact) mass is 270 g/mol. The number of aromatic nitrogens is 1. The van der Waals surface area contributed by atoms with Gasteiger partial charge in [0.25, 0.3) is 0 Å². The number of allylic oxidation sites excluding steroid dienone is 2. The van der Waals surface area contributed by atoms with Crippen molar-refractivity contribution in [2.45, 2.75) is 45.1 Å². The zero-order valence-electron chi connectivity index (χ0n) is 12.6. The van der Waals surface area contributed by atoms with E-state index < -0.39 is 5.54 Å². The van der Waals surface area contributed by atoms with Crippen molar-refractivity contribution in [3.05, 3.63) is 57.0 Å². The van der Waals surface area contributed by atoms with E-state index in [1.54, 1.807) is 6.07 Å². The molecule has 3 heteroatoms. The maximum atomic E-state index is 11.7. The Kier molecular flexibility index (Phi) is 2.64. The Morgan fingerprint density at radius 1 is 1.40 bits per heavy atom. The molecule has 0 fully saturated rings. The van der Waals surface area contributed by atoms with Crippen LogP contribution < -0.4 is 11.3 Å². The van der Waals surface area contributed by atoms with E-state index in [9.17, 15) is 4.79 Å². The second kappa shape index (κ2) is 3.95. The molecule has 1 aromatic heterocycles. The molecule has 0 spiro atoms. The summed E-state index contributed by atoms with van der Waals surface area (Å²) in [5.74, 6) is 0.247. The van der Waals surface area contributed by atoms with Gasteiger partial charge >= 0.3 is 0 Å². The third-order valence-corrected chi connectivity index (χ3v) is 4.99. The Morgan fingerprint density at radius 3 is 2.75 bits per heavy atom. The van der Waals surface area contributed by atoms with Crippen molar-refractivity contribution in [2.24, 2.45) is 11.7 Å². The van der Waals surface area contributed by atoms with Crippen LogP contribution in [0.5, 0.6) is 0 Å². The third-order valence-electron chi connectivity index (χ3n) is 4.99. The topological polar surface area (TPSA) is 58.9 Å². The van der Waals surface area contributed by atoms with Crippen molar-refractivity contribution in [1.82, 2.24) is 4.98 Å². The number of rotatable bonds is 0. The van der Waals surface area contributed by atoms with Gasteiger partial charge in [-0.2, -0.15) is 0 Å². The molecule has 2 aliphatic rings. The Balaban J connectivity index is 2.41. The van der Waals surface area contributed by atoms with Crippen molar-refractivity contribution >= 4 is 0 Å². The van der Waals surface area contributed by atoms with Crippen LogP contribution in [0.15, 0.2) is 40.2 Å². The van der Waals surface area contributed by atoms with E-state index >= 15 is 0 Å². The summed E-state index contributed by atoms with van der Waals surface area (Å²) < 4.78 is 0. The first kappa shape index (κ1) is 13.4. The van der Waals surface area contributed by atoms with Crippen molar-refractivity contribution in [1.29, 1.82) is 0 Å². The first-order valence-electron chi connectivity index (χ1n) is 7.18. The first-order chi connectivity index (χ1) is 9.30. The van der Waals surface area contributed by atoms with Crippen LogP contribution in [0.25, 0.3) is 0 Å². The molecule has 2 bridgehead atoms. The smallest absolute Gasteiger partial charge is 0.248 e. The zero-order valence-corrected chi connectivity index (χ0v) is 12.6. The number of hydrogen-bond acceptors (Lipinski definition) is 2. The van der Waals surface area contributed by atoms with Gasteiger partial charge < -0.3 is 10.7 Å². The minimum atomic E-state index is -0.479. The van der Waals surface area contributed by atoms with Crippen LogP contribution in [-0.2, 0) is 11.0 Å². The largest absolute Gasteiger partial charge is 0.325 e. The second-order valence-corrected chi connectivity index (χ2v) is 6.72. The van der Waals surface area contributed by atoms with Gasteiger partial charge in [-0.3, -0.25) is 4.79 Å². The number of pyridine rings is 1. The average molecular weight is 270 g/mol. The van der Waals surface area contributed by atoms with Gasteiger partial charge in [-0.25, -0.2) is 0 Å². The standard InChI is InChI=1S/C17H22N2O/c1-5-11-13-8-10(2)9-17(11,18)12-6-7-14(20)19-15(12)16(13,3)4/h5-8,13H,9,18H2,1-4H3,(H,19,20)/b11-5+/t13-,17+/m1/s1. The lowest BCUT2D eigenvalue weighted by molar-refractivity contribution is 0.298. The number of nitrogens with two attached hydrogens (primary N) is 1. The SMILES string of the molecule is C/C=C1\[C@H]2C=C(C)C[C@@]1(N)c1ccc(=O)[nH]c1C2(C)C. The number of hydrogen-bond donors (Lipinski definition) is 2. The number of fused-ring (bicyclic) bond motifs is 4. The summed E-state index contributed by atoms with van der Waals surface area (Å²) in [5.41, 5.74) is 10.8. The van der Waals surface area contributed by atoms with E-state index in [0.717, 1.165) is 17.7 Å². The summed E-state index contributed by atoms with van der Waals surface area (Å²) in [7, 11) is 0. The molecule has 20 heavy (non-hydrogen) atoms. The molecule has 0 unspecified atom stereocenters. The van der Waals surface area contributed by atoms with Crippen LogP contribution in [0.3, 0.4) is 0 Å². The molecule has 1 heterocycles. The van der Waals surface area contributed by atoms with Crippen LogP contribution in [-0.4, -0.2) is 4.98 Å². The highest BCUT2D eigenvalue weighted by Crippen LogP contribution is 2.54. The lowest BCUT2D eigenvalue weighted by Crippen LogP contribution is -2.54. The second-order valence-electron chi connectivity index (χ2n) is 6.72. The molecule has 3 N–H and O–H groups in total. The Labute approximate surface area is 119 Å². The van der Waals surface area contributed by atoms with Gasteiger partial charge in [0, 0.05) is 23.1 Å². The number of aromatic amines is 1. The zero-order chi connectivity index (χ0) is 14.7. The molecule has 3 nitrogen and oxygen atoms in total. The Bertz CT molecular complexity index is 693. The highest BCUT2D eigenvalue weighted by Gasteiger charge is 2.51.